The molecule has 0 bridgehead atoms. The largest absolute Gasteiger partial charge is 0.506 e. The minimum atomic E-state index is 0.355. The number of hydrogen-bond acceptors (Lipinski definition) is 3. The van der Waals surface area contributed by atoms with E-state index >= 15 is 0 Å². The van der Waals surface area contributed by atoms with Crippen LogP contribution < -0.4 is 9.80 Å². The van der Waals surface area contributed by atoms with Gasteiger partial charge in [0.15, 0.2) is 0 Å². The maximum Gasteiger partial charge on any atom is 0.138 e. The monoisotopic (exact) mass is 232 g/mol. The van der Waals surface area contributed by atoms with Crippen molar-refractivity contribution in [1.29, 1.82) is 5.26 Å². The van der Waals surface area contributed by atoms with Crippen LogP contribution in [0, 0.1) is 11.3 Å². The van der Waals surface area contributed by atoms with Crippen LogP contribution in [0.2, 0.25) is 0 Å². The van der Waals surface area contributed by atoms with Crippen LogP contribution in [0.4, 0.5) is 5.69 Å². The molecular formula is C13H18N3O+. The van der Waals surface area contributed by atoms with Crippen molar-refractivity contribution >= 4 is 5.69 Å². The number of nitrogens with one attached hydrogen (secondary N) is 1. The predicted octanol–water partition coefficient (Wildman–Crippen LogP) is 0.0108. The fourth-order valence-electron chi connectivity index (χ4n) is 2.28. The molecule has 4 nitrogen and oxygen atoms in total. The van der Waals surface area contributed by atoms with Crippen molar-refractivity contribution in [2.24, 2.45) is 0 Å². The Bertz CT molecular complexity index is 405. The summed E-state index contributed by atoms with van der Waals surface area (Å²) in [7, 11) is 0. The number of nitrogens with zero attached hydrogens (tertiary/aromatic N) is 2. The van der Waals surface area contributed by atoms with Gasteiger partial charge in [0.05, 0.1) is 50.9 Å². The molecule has 17 heavy (non-hydrogen) atoms. The average molecular weight is 232 g/mol. The smallest absolute Gasteiger partial charge is 0.138 e. The summed E-state index contributed by atoms with van der Waals surface area (Å²) in [6.45, 7) is 4.90. The minimum Gasteiger partial charge on any atom is -0.506 e. The van der Waals surface area contributed by atoms with Gasteiger partial charge in [-0.2, -0.15) is 5.26 Å². The number of benzene rings is 1. The summed E-state index contributed by atoms with van der Waals surface area (Å²) in [5.41, 5.74) is 0.923. The van der Waals surface area contributed by atoms with Gasteiger partial charge in [0, 0.05) is 0 Å². The van der Waals surface area contributed by atoms with Gasteiger partial charge in [-0.1, -0.05) is 12.1 Å². The van der Waals surface area contributed by atoms with Crippen molar-refractivity contribution in [2.75, 3.05) is 37.6 Å². The quantitative estimate of drug-likeness (QED) is 0.772. The molecular weight excluding hydrogens is 214 g/mol. The first-order chi connectivity index (χ1) is 8.31. The van der Waals surface area contributed by atoms with Crippen molar-refractivity contribution in [3.63, 3.8) is 0 Å². The van der Waals surface area contributed by atoms with Crippen molar-refractivity contribution in [3.05, 3.63) is 24.3 Å². The van der Waals surface area contributed by atoms with E-state index in [4.69, 9.17) is 5.26 Å². The molecule has 1 aromatic carbocycles. The Hall–Kier alpha value is -1.73. The lowest BCUT2D eigenvalue weighted by Gasteiger charge is -2.33. The van der Waals surface area contributed by atoms with Crippen LogP contribution >= 0.6 is 0 Å². The van der Waals surface area contributed by atoms with Crippen molar-refractivity contribution in [3.8, 4) is 11.8 Å². The lowest BCUT2D eigenvalue weighted by atomic mass is 10.2. The number of hydrogen-bond donors (Lipinski definition) is 2. The number of piperazine rings is 1. The zero-order chi connectivity index (χ0) is 12.1. The molecule has 1 saturated heterocycles. The lowest BCUT2D eigenvalue weighted by Crippen LogP contribution is -3.14. The van der Waals surface area contributed by atoms with E-state index in [0.717, 1.165) is 38.4 Å². The second-order valence-corrected chi connectivity index (χ2v) is 4.38. The van der Waals surface area contributed by atoms with E-state index in [1.807, 2.05) is 18.2 Å². The molecule has 0 aromatic heterocycles. The number of para-hydroxylation sites is 2. The third kappa shape index (κ3) is 2.89. The van der Waals surface area contributed by atoms with E-state index in [1.165, 1.54) is 4.90 Å². The lowest BCUT2D eigenvalue weighted by molar-refractivity contribution is -0.900. The zero-order valence-corrected chi connectivity index (χ0v) is 9.89. The number of quaternary nitrogens is 1. The van der Waals surface area contributed by atoms with Gasteiger partial charge in [0.1, 0.15) is 5.75 Å². The topological polar surface area (TPSA) is 51.7 Å². The van der Waals surface area contributed by atoms with Gasteiger partial charge in [-0.05, 0) is 12.1 Å². The fraction of sp³-hybridized carbons (Fsp3) is 0.462. The van der Waals surface area contributed by atoms with Gasteiger partial charge in [0.25, 0.3) is 0 Å². The standard InChI is InChI=1S/C13H17N3O/c14-6-3-7-15-8-10-16(11-9-15)12-4-1-2-5-13(12)17/h1-2,4-5,17H,3,7-11H2/p+1. The first kappa shape index (κ1) is 11.7. The molecule has 0 unspecified atom stereocenters. The highest BCUT2D eigenvalue weighted by Gasteiger charge is 2.20. The summed E-state index contributed by atoms with van der Waals surface area (Å²) in [6.07, 6.45) is 0.631. The number of aromatic hydroxyl groups is 1. The highest BCUT2D eigenvalue weighted by atomic mass is 16.3. The van der Waals surface area contributed by atoms with Crippen molar-refractivity contribution in [1.82, 2.24) is 0 Å². The first-order valence-electron chi connectivity index (χ1n) is 6.04. The Morgan fingerprint density at radius 3 is 2.65 bits per heavy atom. The molecule has 2 rings (SSSR count). The van der Waals surface area contributed by atoms with E-state index in [-0.39, 0.29) is 0 Å². The number of anilines is 1. The molecule has 1 fully saturated rings. The van der Waals surface area contributed by atoms with Crippen LogP contribution in [0.5, 0.6) is 5.75 Å². The summed E-state index contributed by atoms with van der Waals surface area (Å²) < 4.78 is 0. The Morgan fingerprint density at radius 1 is 1.29 bits per heavy atom. The summed E-state index contributed by atoms with van der Waals surface area (Å²) in [5.74, 6) is 0.355. The SMILES string of the molecule is N#CCC[NH+]1CCN(c2ccccc2O)CC1. The minimum absolute atomic E-state index is 0.355. The van der Waals surface area contributed by atoms with Gasteiger partial charge >= 0.3 is 0 Å². The summed E-state index contributed by atoms with van der Waals surface area (Å²) >= 11 is 0. The van der Waals surface area contributed by atoms with E-state index in [0.29, 0.717) is 12.2 Å². The van der Waals surface area contributed by atoms with Crippen LogP contribution in [-0.2, 0) is 0 Å². The average Bonchev–Trinajstić information content (AvgIpc) is 2.38. The third-order valence-corrected chi connectivity index (χ3v) is 3.28. The Labute approximate surface area is 102 Å². The van der Waals surface area contributed by atoms with Gasteiger partial charge in [-0.25, -0.2) is 0 Å². The molecule has 1 heterocycles. The first-order valence-corrected chi connectivity index (χ1v) is 6.04. The van der Waals surface area contributed by atoms with Gasteiger partial charge in [-0.3, -0.25) is 0 Å². The van der Waals surface area contributed by atoms with E-state index < -0.39 is 0 Å². The van der Waals surface area contributed by atoms with Crippen LogP contribution in [0.1, 0.15) is 6.42 Å². The van der Waals surface area contributed by atoms with Crippen molar-refractivity contribution in [2.45, 2.75) is 6.42 Å². The van der Waals surface area contributed by atoms with Gasteiger partial charge < -0.3 is 14.9 Å². The van der Waals surface area contributed by atoms with Crippen LogP contribution in [-0.4, -0.2) is 37.8 Å². The molecule has 0 amide bonds. The van der Waals surface area contributed by atoms with Gasteiger partial charge in [0.2, 0.25) is 0 Å². The van der Waals surface area contributed by atoms with Gasteiger partial charge in [-0.15, -0.1) is 0 Å². The molecule has 2 N–H and O–H groups in total. The molecule has 0 atom stereocenters. The van der Waals surface area contributed by atoms with Crippen molar-refractivity contribution < 1.29 is 10.0 Å². The van der Waals surface area contributed by atoms with E-state index in [9.17, 15) is 5.11 Å². The normalized spacial score (nSPS) is 16.8. The predicted molar refractivity (Wildman–Crippen MR) is 66.1 cm³/mol. The summed E-state index contributed by atoms with van der Waals surface area (Å²) in [5, 5.41) is 18.3. The molecule has 0 aliphatic carbocycles. The molecule has 1 aromatic rings. The van der Waals surface area contributed by atoms with Crippen LogP contribution in [0.15, 0.2) is 24.3 Å². The van der Waals surface area contributed by atoms with Crippen LogP contribution in [0.3, 0.4) is 0 Å². The molecule has 1 aliphatic heterocycles. The maximum absolute atomic E-state index is 9.78. The summed E-state index contributed by atoms with van der Waals surface area (Å²) in [6, 6.07) is 9.66. The maximum atomic E-state index is 9.78. The Balaban J connectivity index is 1.91. The Morgan fingerprint density at radius 2 is 2.00 bits per heavy atom. The second kappa shape index (κ2) is 5.55. The highest BCUT2D eigenvalue weighted by molar-refractivity contribution is 5.57. The second-order valence-electron chi connectivity index (χ2n) is 4.38. The molecule has 4 heteroatoms. The van der Waals surface area contributed by atoms with E-state index in [2.05, 4.69) is 11.0 Å². The molecule has 0 radical (unpaired) electrons. The highest BCUT2D eigenvalue weighted by Crippen LogP contribution is 2.25. The third-order valence-electron chi connectivity index (χ3n) is 3.28. The zero-order valence-electron chi connectivity index (χ0n) is 9.89. The fourth-order valence-corrected chi connectivity index (χ4v) is 2.28. The van der Waals surface area contributed by atoms with Crippen LogP contribution in [0.25, 0.3) is 0 Å². The molecule has 90 valence electrons. The molecule has 0 spiro atoms. The Kier molecular flexibility index (Phi) is 3.84. The number of rotatable bonds is 3. The van der Waals surface area contributed by atoms with E-state index in [1.54, 1.807) is 6.07 Å². The molecule has 1 aliphatic rings. The molecule has 0 saturated carbocycles. The number of phenolic OH excluding ortho intramolecular Hbond substituents is 1. The number of phenols is 1. The number of nitriles is 1. The summed E-state index contributed by atoms with van der Waals surface area (Å²) in [4.78, 5) is 3.70.